The Morgan fingerprint density at radius 1 is 0.412 bits per heavy atom. The van der Waals surface area contributed by atoms with Gasteiger partial charge in [-0.1, -0.05) is 121 Å². The van der Waals surface area contributed by atoms with Gasteiger partial charge in [0.15, 0.2) is 0 Å². The number of aromatic nitrogens is 4. The molecule has 0 aliphatic heterocycles. The van der Waals surface area contributed by atoms with E-state index < -0.39 is 0 Å². The predicted molar refractivity (Wildman–Crippen MR) is 213 cm³/mol. The number of aryl methyl sites for hydroxylation is 1. The highest BCUT2D eigenvalue weighted by atomic mass is 15.2. The van der Waals surface area contributed by atoms with Crippen LogP contribution < -0.4 is 0 Å². The second-order valence-electron chi connectivity index (χ2n) is 13.5. The summed E-state index contributed by atoms with van der Waals surface area (Å²) in [5.41, 5.74) is 9.85. The summed E-state index contributed by atoms with van der Waals surface area (Å²) in [5.74, 6) is 0.663. The van der Waals surface area contributed by atoms with E-state index in [0.717, 1.165) is 38.9 Å². The number of rotatable bonds is 3. The van der Waals surface area contributed by atoms with E-state index in [9.17, 15) is 0 Å². The van der Waals surface area contributed by atoms with Crippen LogP contribution >= 0.6 is 0 Å². The summed E-state index contributed by atoms with van der Waals surface area (Å²) >= 11 is 0. The smallest absolute Gasteiger partial charge is 0.235 e. The largest absolute Gasteiger partial charge is 0.309 e. The summed E-state index contributed by atoms with van der Waals surface area (Å²) in [6.45, 7) is 2.14. The van der Waals surface area contributed by atoms with Crippen molar-refractivity contribution < 1.29 is 0 Å². The van der Waals surface area contributed by atoms with Gasteiger partial charge in [0.05, 0.1) is 33.3 Å². The van der Waals surface area contributed by atoms with Gasteiger partial charge in [-0.3, -0.25) is 4.57 Å². The Labute approximate surface area is 293 Å². The number of fused-ring (bicyclic) bond motifs is 10. The van der Waals surface area contributed by atoms with Gasteiger partial charge in [0.25, 0.3) is 0 Å². The molecule has 8 aromatic carbocycles. The average molecular weight is 651 g/mol. The van der Waals surface area contributed by atoms with E-state index >= 15 is 0 Å². The lowest BCUT2D eigenvalue weighted by atomic mass is 10.0. The predicted octanol–water partition coefficient (Wildman–Crippen LogP) is 12.1. The molecule has 238 valence electrons. The van der Waals surface area contributed by atoms with E-state index in [1.54, 1.807) is 0 Å². The minimum absolute atomic E-state index is 0.663. The lowest BCUT2D eigenvalue weighted by Crippen LogP contribution is -2.03. The highest BCUT2D eigenvalue weighted by Crippen LogP contribution is 2.42. The Kier molecular flexibility index (Phi) is 5.84. The molecule has 0 N–H and O–H groups in total. The molecule has 3 heterocycles. The van der Waals surface area contributed by atoms with Crippen LogP contribution in [0.25, 0.3) is 99.0 Å². The number of hydrogen-bond acceptors (Lipinski definition) is 2. The standard InChI is InChI=1S/C47H30N4/c1-29-18-19-33-27-34(21-20-32(33)26-29)46-36-12-4-7-15-39(36)48-47(49-46)51-41-17-9-6-14-38(41)45-43(51)25-24-42-44(45)37-13-5-8-16-40(37)50(42)35-23-22-30-10-2-3-11-31(30)28-35/h2-28H,1H3. The minimum atomic E-state index is 0.663. The van der Waals surface area contributed by atoms with Crippen LogP contribution in [0.1, 0.15) is 5.56 Å². The highest BCUT2D eigenvalue weighted by Gasteiger charge is 2.22. The molecule has 0 radical (unpaired) electrons. The molecule has 0 saturated heterocycles. The summed E-state index contributed by atoms with van der Waals surface area (Å²) < 4.78 is 4.67. The van der Waals surface area contributed by atoms with Gasteiger partial charge in [0.1, 0.15) is 0 Å². The lowest BCUT2D eigenvalue weighted by Gasteiger charge is -2.12. The van der Waals surface area contributed by atoms with Crippen LogP contribution in [0.5, 0.6) is 0 Å². The minimum Gasteiger partial charge on any atom is -0.309 e. The Morgan fingerprint density at radius 3 is 1.80 bits per heavy atom. The van der Waals surface area contributed by atoms with Gasteiger partial charge in [-0.25, -0.2) is 9.97 Å². The number of nitrogens with zero attached hydrogens (tertiary/aromatic N) is 4. The van der Waals surface area contributed by atoms with Gasteiger partial charge >= 0.3 is 0 Å². The van der Waals surface area contributed by atoms with E-state index in [2.05, 4.69) is 180 Å². The zero-order valence-corrected chi connectivity index (χ0v) is 27.9. The molecule has 51 heavy (non-hydrogen) atoms. The number of benzene rings is 8. The maximum atomic E-state index is 5.41. The fourth-order valence-corrected chi connectivity index (χ4v) is 8.22. The van der Waals surface area contributed by atoms with Gasteiger partial charge in [0.2, 0.25) is 5.95 Å². The van der Waals surface area contributed by atoms with E-state index in [1.165, 1.54) is 59.7 Å². The molecular formula is C47H30N4. The van der Waals surface area contributed by atoms with E-state index in [-0.39, 0.29) is 0 Å². The Morgan fingerprint density at radius 2 is 1.00 bits per heavy atom. The fraction of sp³-hybridized carbons (Fsp3) is 0.0213. The summed E-state index contributed by atoms with van der Waals surface area (Å²) in [6.07, 6.45) is 0. The van der Waals surface area contributed by atoms with Crippen molar-refractivity contribution in [1.82, 2.24) is 19.1 Å². The van der Waals surface area contributed by atoms with Gasteiger partial charge in [0, 0.05) is 38.2 Å². The van der Waals surface area contributed by atoms with Gasteiger partial charge < -0.3 is 4.57 Å². The summed E-state index contributed by atoms with van der Waals surface area (Å²) in [5, 5.41) is 10.8. The molecule has 0 fully saturated rings. The van der Waals surface area contributed by atoms with Crippen molar-refractivity contribution in [3.05, 3.63) is 169 Å². The van der Waals surface area contributed by atoms with Gasteiger partial charge in [-0.05, 0) is 77.0 Å². The molecule has 0 bridgehead atoms. The molecule has 0 saturated carbocycles. The fourth-order valence-electron chi connectivity index (χ4n) is 8.22. The number of hydrogen-bond donors (Lipinski definition) is 0. The molecule has 0 amide bonds. The van der Waals surface area contributed by atoms with Crippen LogP contribution in [-0.2, 0) is 0 Å². The van der Waals surface area contributed by atoms with E-state index in [4.69, 9.17) is 9.97 Å². The van der Waals surface area contributed by atoms with Crippen LogP contribution in [0.3, 0.4) is 0 Å². The van der Waals surface area contributed by atoms with Crippen molar-refractivity contribution in [2.75, 3.05) is 0 Å². The van der Waals surface area contributed by atoms with E-state index in [1.807, 2.05) is 0 Å². The molecule has 4 nitrogen and oxygen atoms in total. The summed E-state index contributed by atoms with van der Waals surface area (Å²) in [4.78, 5) is 10.7. The third-order valence-corrected chi connectivity index (χ3v) is 10.5. The Bertz CT molecular complexity index is 3220. The molecule has 4 heteroatoms. The molecule has 0 aliphatic rings. The zero-order chi connectivity index (χ0) is 33.6. The summed E-state index contributed by atoms with van der Waals surface area (Å²) in [7, 11) is 0. The molecule has 0 atom stereocenters. The Hall–Kier alpha value is -6.78. The number of para-hydroxylation sites is 3. The van der Waals surface area contributed by atoms with Crippen LogP contribution in [0, 0.1) is 6.92 Å². The molecule has 0 aliphatic carbocycles. The van der Waals surface area contributed by atoms with Crippen LogP contribution in [0.4, 0.5) is 0 Å². The van der Waals surface area contributed by atoms with Crippen molar-refractivity contribution >= 4 is 76.1 Å². The highest BCUT2D eigenvalue weighted by molar-refractivity contribution is 6.29. The Balaban J connectivity index is 1.22. The quantitative estimate of drug-likeness (QED) is 0.191. The van der Waals surface area contributed by atoms with E-state index in [0.29, 0.717) is 5.95 Å². The molecule has 11 rings (SSSR count). The second kappa shape index (κ2) is 10.6. The van der Waals surface area contributed by atoms with Gasteiger partial charge in [-0.15, -0.1) is 0 Å². The van der Waals surface area contributed by atoms with Crippen LogP contribution in [-0.4, -0.2) is 19.1 Å². The molecule has 3 aromatic heterocycles. The second-order valence-corrected chi connectivity index (χ2v) is 13.5. The van der Waals surface area contributed by atoms with Crippen molar-refractivity contribution in [2.45, 2.75) is 6.92 Å². The van der Waals surface area contributed by atoms with Crippen LogP contribution in [0.2, 0.25) is 0 Å². The lowest BCUT2D eigenvalue weighted by molar-refractivity contribution is 1.01. The first-order valence-electron chi connectivity index (χ1n) is 17.4. The normalized spacial score (nSPS) is 12.0. The molecule has 11 aromatic rings. The molecular weight excluding hydrogens is 621 g/mol. The zero-order valence-electron chi connectivity index (χ0n) is 27.9. The van der Waals surface area contributed by atoms with Crippen molar-refractivity contribution in [3.63, 3.8) is 0 Å². The maximum absolute atomic E-state index is 5.41. The topological polar surface area (TPSA) is 35.6 Å². The first-order valence-corrected chi connectivity index (χ1v) is 17.4. The van der Waals surface area contributed by atoms with Crippen molar-refractivity contribution in [1.29, 1.82) is 0 Å². The monoisotopic (exact) mass is 650 g/mol. The van der Waals surface area contributed by atoms with Crippen molar-refractivity contribution in [3.8, 4) is 22.9 Å². The first-order chi connectivity index (χ1) is 25.2. The van der Waals surface area contributed by atoms with Crippen LogP contribution in [0.15, 0.2) is 164 Å². The summed E-state index contributed by atoms with van der Waals surface area (Å²) in [6, 6.07) is 58.9. The maximum Gasteiger partial charge on any atom is 0.235 e. The van der Waals surface area contributed by atoms with Crippen molar-refractivity contribution in [2.24, 2.45) is 0 Å². The average Bonchev–Trinajstić information content (AvgIpc) is 3.70. The third-order valence-electron chi connectivity index (χ3n) is 10.5. The SMILES string of the molecule is Cc1ccc2cc(-c3nc(-n4c5ccccc5c5c6c7ccccc7n(-c7ccc8ccccc8c7)c6ccc54)nc4ccccc34)ccc2c1. The molecule has 0 unspecified atom stereocenters. The first kappa shape index (κ1) is 28.1. The third kappa shape index (κ3) is 4.14. The molecule has 0 spiro atoms. The van der Waals surface area contributed by atoms with Gasteiger partial charge in [-0.2, -0.15) is 0 Å².